The molecule has 1 aromatic heterocycles. The van der Waals surface area contributed by atoms with Gasteiger partial charge in [0.15, 0.2) is 0 Å². The van der Waals surface area contributed by atoms with E-state index in [0.717, 1.165) is 32.4 Å². The molecule has 0 spiro atoms. The first-order valence-electron chi connectivity index (χ1n) is 7.33. The molecule has 1 aromatic rings. The lowest BCUT2D eigenvalue weighted by atomic mass is 9.90. The lowest BCUT2D eigenvalue weighted by Gasteiger charge is -2.34. The van der Waals surface area contributed by atoms with Gasteiger partial charge >= 0.3 is 0 Å². The summed E-state index contributed by atoms with van der Waals surface area (Å²) in [6.45, 7) is 4.60. The smallest absolute Gasteiger partial charge is 0.243 e. The minimum Gasteiger partial charge on any atom is -0.381 e. The Morgan fingerprint density at radius 2 is 2.24 bits per heavy atom. The largest absolute Gasteiger partial charge is 0.381 e. The van der Waals surface area contributed by atoms with Gasteiger partial charge in [0, 0.05) is 25.9 Å². The molecule has 1 fully saturated rings. The molecule has 0 unspecified atom stereocenters. The summed E-state index contributed by atoms with van der Waals surface area (Å²) in [5.41, 5.74) is 0. The highest BCUT2D eigenvalue weighted by molar-refractivity contribution is 7.89. The van der Waals surface area contributed by atoms with E-state index in [1.165, 1.54) is 6.20 Å². The molecule has 2 rings (SSSR count). The van der Waals surface area contributed by atoms with Crippen molar-refractivity contribution in [3.63, 3.8) is 0 Å². The highest BCUT2D eigenvalue weighted by Gasteiger charge is 2.33. The van der Waals surface area contributed by atoms with Crippen molar-refractivity contribution < 1.29 is 13.2 Å². The number of nitrogens with zero attached hydrogens (tertiary/aromatic N) is 2. The molecule has 1 aliphatic rings. The maximum atomic E-state index is 12.2. The number of ether oxygens (including phenoxy) is 1. The van der Waals surface area contributed by atoms with E-state index in [9.17, 15) is 8.42 Å². The number of aromatic nitrogens is 2. The van der Waals surface area contributed by atoms with Gasteiger partial charge in [-0.05, 0) is 32.4 Å². The molecule has 7 nitrogen and oxygen atoms in total. The number of sulfonamides is 1. The minimum absolute atomic E-state index is 0.0305. The van der Waals surface area contributed by atoms with Crippen molar-refractivity contribution in [3.05, 3.63) is 12.4 Å². The third-order valence-electron chi connectivity index (χ3n) is 3.66. The van der Waals surface area contributed by atoms with Gasteiger partial charge in [-0.2, -0.15) is 5.10 Å². The van der Waals surface area contributed by atoms with Gasteiger partial charge in [-0.3, -0.25) is 4.68 Å². The fourth-order valence-electron chi connectivity index (χ4n) is 2.29. The second kappa shape index (κ2) is 7.35. The molecule has 0 aromatic carbocycles. The molecule has 1 heterocycles. The highest BCUT2D eigenvalue weighted by atomic mass is 32.2. The van der Waals surface area contributed by atoms with Crippen LogP contribution in [0.1, 0.15) is 26.2 Å². The molecule has 0 saturated heterocycles. The number of rotatable bonds is 9. The summed E-state index contributed by atoms with van der Waals surface area (Å²) in [6, 6.07) is -0.0305. The third kappa shape index (κ3) is 4.50. The Labute approximate surface area is 126 Å². The normalized spacial score (nSPS) is 22.2. The molecule has 1 aliphatic carbocycles. The monoisotopic (exact) mass is 316 g/mol. The number of hydrogen-bond acceptors (Lipinski definition) is 5. The Morgan fingerprint density at radius 3 is 2.90 bits per heavy atom. The third-order valence-corrected chi connectivity index (χ3v) is 5.14. The Hall–Kier alpha value is -0.960. The van der Waals surface area contributed by atoms with Crippen LogP contribution in [-0.2, 0) is 21.3 Å². The highest BCUT2D eigenvalue weighted by Crippen LogP contribution is 2.24. The van der Waals surface area contributed by atoms with Crippen LogP contribution in [0.4, 0.5) is 0 Å². The van der Waals surface area contributed by atoms with Crippen molar-refractivity contribution in [2.24, 2.45) is 0 Å². The van der Waals surface area contributed by atoms with Gasteiger partial charge in [0.05, 0.1) is 12.3 Å². The van der Waals surface area contributed by atoms with E-state index in [-0.39, 0.29) is 17.0 Å². The molecular formula is C13H24N4O3S. The zero-order valence-electron chi connectivity index (χ0n) is 12.6. The predicted octanol–water partition coefficient (Wildman–Crippen LogP) is 0.338. The second-order valence-electron chi connectivity index (χ2n) is 5.29. The first-order valence-corrected chi connectivity index (χ1v) is 8.81. The van der Waals surface area contributed by atoms with Gasteiger partial charge in [0.1, 0.15) is 4.90 Å². The van der Waals surface area contributed by atoms with Crippen LogP contribution in [0.3, 0.4) is 0 Å². The summed E-state index contributed by atoms with van der Waals surface area (Å²) < 4.78 is 33.9. The number of nitrogens with one attached hydrogen (secondary N) is 2. The molecule has 8 heteroatoms. The van der Waals surface area contributed by atoms with Crippen molar-refractivity contribution >= 4 is 10.0 Å². The standard InChI is InChI=1S/C13H24N4O3S/c1-3-14-5-4-6-17-10-13(9-15-17)21(18,19)16-11-7-12(8-11)20-2/h9-12,14,16H,3-8H2,1-2H3. The molecule has 1 saturated carbocycles. The van der Waals surface area contributed by atoms with Crippen LogP contribution in [-0.4, -0.2) is 50.5 Å². The maximum absolute atomic E-state index is 12.2. The van der Waals surface area contributed by atoms with Crippen molar-refractivity contribution in [2.45, 2.75) is 49.8 Å². The van der Waals surface area contributed by atoms with Crippen LogP contribution < -0.4 is 10.0 Å². The molecule has 0 radical (unpaired) electrons. The Morgan fingerprint density at radius 1 is 1.48 bits per heavy atom. The molecule has 0 amide bonds. The lowest BCUT2D eigenvalue weighted by Crippen LogP contribution is -2.47. The first-order chi connectivity index (χ1) is 10.0. The summed E-state index contributed by atoms with van der Waals surface area (Å²) in [5, 5.41) is 7.33. The van der Waals surface area contributed by atoms with Gasteiger partial charge < -0.3 is 10.1 Å². The van der Waals surface area contributed by atoms with Crippen LogP contribution in [0.25, 0.3) is 0 Å². The van der Waals surface area contributed by atoms with E-state index in [0.29, 0.717) is 6.54 Å². The van der Waals surface area contributed by atoms with Crippen molar-refractivity contribution in [3.8, 4) is 0 Å². The Bertz CT molecular complexity index is 537. The van der Waals surface area contributed by atoms with E-state index < -0.39 is 10.0 Å². The molecule has 21 heavy (non-hydrogen) atoms. The molecule has 0 bridgehead atoms. The summed E-state index contributed by atoms with van der Waals surface area (Å²) in [6.07, 6.45) is 5.54. The average molecular weight is 316 g/mol. The topological polar surface area (TPSA) is 85.2 Å². The second-order valence-corrected chi connectivity index (χ2v) is 7.01. The van der Waals surface area contributed by atoms with E-state index in [4.69, 9.17) is 4.74 Å². The van der Waals surface area contributed by atoms with E-state index in [1.54, 1.807) is 18.0 Å². The van der Waals surface area contributed by atoms with Crippen LogP contribution >= 0.6 is 0 Å². The van der Waals surface area contributed by atoms with Gasteiger partial charge in [0.2, 0.25) is 10.0 Å². The Balaban J connectivity index is 1.84. The number of hydrogen-bond donors (Lipinski definition) is 2. The summed E-state index contributed by atoms with van der Waals surface area (Å²) >= 11 is 0. The lowest BCUT2D eigenvalue weighted by molar-refractivity contribution is 0.0236. The molecular weight excluding hydrogens is 292 g/mol. The fourth-order valence-corrected chi connectivity index (χ4v) is 3.50. The van der Waals surface area contributed by atoms with E-state index >= 15 is 0 Å². The van der Waals surface area contributed by atoms with Gasteiger partial charge in [-0.25, -0.2) is 13.1 Å². The molecule has 2 N–H and O–H groups in total. The predicted molar refractivity (Wildman–Crippen MR) is 79.5 cm³/mol. The first kappa shape index (κ1) is 16.4. The summed E-state index contributed by atoms with van der Waals surface area (Å²) in [4.78, 5) is 0.229. The molecule has 0 atom stereocenters. The van der Waals surface area contributed by atoms with E-state index in [1.807, 2.05) is 0 Å². The minimum atomic E-state index is -3.47. The van der Waals surface area contributed by atoms with Crippen LogP contribution in [0.15, 0.2) is 17.3 Å². The van der Waals surface area contributed by atoms with Crippen molar-refractivity contribution in [1.82, 2.24) is 19.8 Å². The fraction of sp³-hybridized carbons (Fsp3) is 0.769. The van der Waals surface area contributed by atoms with Crippen LogP contribution in [0.2, 0.25) is 0 Å². The quantitative estimate of drug-likeness (QED) is 0.642. The summed E-state index contributed by atoms with van der Waals surface area (Å²) in [7, 11) is -1.83. The van der Waals surface area contributed by atoms with Gasteiger partial charge in [-0.15, -0.1) is 0 Å². The van der Waals surface area contributed by atoms with Crippen molar-refractivity contribution in [2.75, 3.05) is 20.2 Å². The van der Waals surface area contributed by atoms with E-state index in [2.05, 4.69) is 22.1 Å². The SMILES string of the molecule is CCNCCCn1cc(S(=O)(=O)NC2CC(OC)C2)cn1. The van der Waals surface area contributed by atoms with Crippen molar-refractivity contribution in [1.29, 1.82) is 0 Å². The van der Waals surface area contributed by atoms with Gasteiger partial charge in [-0.1, -0.05) is 6.92 Å². The zero-order chi connectivity index (χ0) is 15.3. The summed E-state index contributed by atoms with van der Waals surface area (Å²) in [5.74, 6) is 0. The molecule has 120 valence electrons. The number of methoxy groups -OCH3 is 1. The van der Waals surface area contributed by atoms with Crippen LogP contribution in [0.5, 0.6) is 0 Å². The molecule has 0 aliphatic heterocycles. The van der Waals surface area contributed by atoms with Crippen LogP contribution in [0, 0.1) is 0 Å². The maximum Gasteiger partial charge on any atom is 0.243 e. The average Bonchev–Trinajstić information content (AvgIpc) is 2.88. The zero-order valence-corrected chi connectivity index (χ0v) is 13.4. The Kier molecular flexibility index (Phi) is 5.74. The number of aryl methyl sites for hydroxylation is 1. The van der Waals surface area contributed by atoms with Gasteiger partial charge in [0.25, 0.3) is 0 Å².